The molecule has 0 nitrogen and oxygen atoms in total. The third-order valence-electron chi connectivity index (χ3n) is 0. The Morgan fingerprint density at radius 2 is 1.75 bits per heavy atom. The zero-order valence-corrected chi connectivity index (χ0v) is 6.92. The molecule has 0 unspecified atom stereocenters. The first-order valence-corrected chi connectivity index (χ1v) is 1.54. The molecule has 2 heteroatoms. The normalized spacial score (nSPS) is 3.25. The van der Waals surface area contributed by atoms with Gasteiger partial charge in [0.2, 0.25) is 0 Å². The first-order chi connectivity index (χ1) is 1.41. The predicted molar refractivity (Wildman–Crippen MR) is 19.1 cm³/mol. The molecule has 0 aliphatic rings. The van der Waals surface area contributed by atoms with Gasteiger partial charge in [0, 0.05) is 19.5 Å². The molecule has 0 bridgehead atoms. The molecule has 0 aromatic heterocycles. The van der Waals surface area contributed by atoms with Gasteiger partial charge in [0.1, 0.15) is 0 Å². The van der Waals surface area contributed by atoms with Gasteiger partial charge in [-0.1, -0.05) is 22.5 Å². The van der Waals surface area contributed by atoms with Crippen LogP contribution in [0.1, 0.15) is 0 Å². The Balaban J connectivity index is 0. The fraction of sp³-hybridized carbons (Fsp3) is 0. The van der Waals surface area contributed by atoms with E-state index in [0.717, 1.165) is 0 Å². The Bertz CT molecular complexity index is 13.5. The quantitative estimate of drug-likeness (QED) is 0.486. The first-order valence-electron chi connectivity index (χ1n) is 0.626. The van der Waals surface area contributed by atoms with Crippen LogP contribution in [0, 0.1) is 0 Å². The second-order valence-electron chi connectivity index (χ2n) is 0.154. The standard InChI is InChI=1S/C2H3Br.Zn/c1-2-3;/h2H,1H2;. The average Bonchev–Trinajstić information content (AvgIpc) is 0.918. The third-order valence-corrected chi connectivity index (χ3v) is 0. The first kappa shape index (κ1) is 8.85. The molecule has 0 spiro atoms. The van der Waals surface area contributed by atoms with Crippen LogP contribution in [-0.2, 0) is 19.5 Å². The van der Waals surface area contributed by atoms with E-state index >= 15 is 0 Å². The minimum absolute atomic E-state index is 0. The van der Waals surface area contributed by atoms with Gasteiger partial charge in [-0.25, -0.2) is 0 Å². The molecule has 0 aromatic carbocycles. The van der Waals surface area contributed by atoms with Gasteiger partial charge in [0.25, 0.3) is 0 Å². The summed E-state index contributed by atoms with van der Waals surface area (Å²) in [5.41, 5.74) is 0. The molecule has 4 heavy (non-hydrogen) atoms. The number of hydrogen-bond donors (Lipinski definition) is 0. The molecule has 0 fully saturated rings. The van der Waals surface area contributed by atoms with E-state index in [2.05, 4.69) is 22.5 Å². The van der Waals surface area contributed by atoms with Crippen molar-refractivity contribution in [1.29, 1.82) is 0 Å². The van der Waals surface area contributed by atoms with Gasteiger partial charge in [0.05, 0.1) is 0 Å². The molecule has 0 heterocycles. The molecule has 0 rings (SSSR count). The van der Waals surface area contributed by atoms with Gasteiger partial charge in [0.15, 0.2) is 0 Å². The molecule has 0 radical (unpaired) electrons. The Morgan fingerprint density at radius 1 is 1.75 bits per heavy atom. The van der Waals surface area contributed by atoms with Crippen molar-refractivity contribution in [2.75, 3.05) is 0 Å². The topological polar surface area (TPSA) is 0 Å². The molecule has 0 saturated heterocycles. The van der Waals surface area contributed by atoms with Gasteiger partial charge in [-0.3, -0.25) is 0 Å². The Kier molecular flexibility index (Phi) is 20.2. The van der Waals surface area contributed by atoms with Crippen LogP contribution in [0.2, 0.25) is 0 Å². The van der Waals surface area contributed by atoms with Gasteiger partial charge >= 0.3 is 0 Å². The maximum Gasteiger partial charge on any atom is 0 e. The number of halogens is 1. The van der Waals surface area contributed by atoms with Crippen LogP contribution in [-0.4, -0.2) is 0 Å². The minimum Gasteiger partial charge on any atom is -0.0921 e. The Labute approximate surface area is 47.2 Å². The summed E-state index contributed by atoms with van der Waals surface area (Å²) in [4.78, 5) is 1.56. The molecule has 0 aliphatic carbocycles. The number of rotatable bonds is 0. The van der Waals surface area contributed by atoms with Crippen LogP contribution in [0.4, 0.5) is 0 Å². The molecule has 0 atom stereocenters. The summed E-state index contributed by atoms with van der Waals surface area (Å²) < 4.78 is 0. The third kappa shape index (κ3) is 13.6. The predicted octanol–water partition coefficient (Wildman–Crippen LogP) is 1.52. The fourth-order valence-corrected chi connectivity index (χ4v) is 0. The summed E-state index contributed by atoms with van der Waals surface area (Å²) in [6.45, 7) is 3.28. The molecule has 0 amide bonds. The van der Waals surface area contributed by atoms with E-state index in [1.54, 1.807) is 4.99 Å². The molecular weight excluding hydrogens is 169 g/mol. The van der Waals surface area contributed by atoms with Crippen LogP contribution >= 0.6 is 15.9 Å². The van der Waals surface area contributed by atoms with Crippen molar-refractivity contribution in [3.63, 3.8) is 0 Å². The molecule has 20 valence electrons. The van der Waals surface area contributed by atoms with Crippen molar-refractivity contribution in [2.24, 2.45) is 0 Å². The summed E-state index contributed by atoms with van der Waals surface area (Å²) >= 11 is 2.91. The summed E-state index contributed by atoms with van der Waals surface area (Å²) in [5.74, 6) is 0. The van der Waals surface area contributed by atoms with Crippen LogP contribution in [0.3, 0.4) is 0 Å². The largest absolute Gasteiger partial charge is 0.0921 e. The Hall–Kier alpha value is 0.843. The zero-order valence-electron chi connectivity index (χ0n) is 2.37. The van der Waals surface area contributed by atoms with Crippen LogP contribution < -0.4 is 0 Å². The molecule has 0 aliphatic heterocycles. The monoisotopic (exact) mass is 170 g/mol. The van der Waals surface area contributed by atoms with E-state index in [-0.39, 0.29) is 19.5 Å². The summed E-state index contributed by atoms with van der Waals surface area (Å²) in [5, 5.41) is 0. The van der Waals surface area contributed by atoms with Crippen LogP contribution in [0.15, 0.2) is 11.6 Å². The molecular formula is C2H3BrZn. The van der Waals surface area contributed by atoms with E-state index in [1.807, 2.05) is 0 Å². The molecule has 0 aromatic rings. The van der Waals surface area contributed by atoms with Crippen molar-refractivity contribution in [1.82, 2.24) is 0 Å². The van der Waals surface area contributed by atoms with Crippen LogP contribution in [0.25, 0.3) is 0 Å². The van der Waals surface area contributed by atoms with Crippen molar-refractivity contribution >= 4 is 15.9 Å². The Morgan fingerprint density at radius 3 is 1.75 bits per heavy atom. The van der Waals surface area contributed by atoms with E-state index in [9.17, 15) is 0 Å². The van der Waals surface area contributed by atoms with Gasteiger partial charge in [-0.2, -0.15) is 0 Å². The van der Waals surface area contributed by atoms with Crippen molar-refractivity contribution in [3.8, 4) is 0 Å². The zero-order chi connectivity index (χ0) is 2.71. The SMILES string of the molecule is C=CBr.[Zn]. The molecule has 0 saturated carbocycles. The molecule has 0 N–H and O–H groups in total. The van der Waals surface area contributed by atoms with Gasteiger partial charge < -0.3 is 0 Å². The smallest absolute Gasteiger partial charge is 0 e. The summed E-state index contributed by atoms with van der Waals surface area (Å²) in [6, 6.07) is 0. The maximum absolute atomic E-state index is 3.28. The number of hydrogen-bond acceptors (Lipinski definition) is 0. The van der Waals surface area contributed by atoms with Gasteiger partial charge in [-0.05, 0) is 4.99 Å². The fourth-order valence-electron chi connectivity index (χ4n) is 0. The average molecular weight is 172 g/mol. The maximum atomic E-state index is 3.28. The second-order valence-corrected chi connectivity index (χ2v) is 0.802. The van der Waals surface area contributed by atoms with E-state index in [0.29, 0.717) is 0 Å². The van der Waals surface area contributed by atoms with E-state index in [4.69, 9.17) is 0 Å². The second kappa shape index (κ2) is 9.14. The summed E-state index contributed by atoms with van der Waals surface area (Å²) in [6.07, 6.45) is 0. The van der Waals surface area contributed by atoms with Gasteiger partial charge in [-0.15, -0.1) is 0 Å². The van der Waals surface area contributed by atoms with E-state index in [1.165, 1.54) is 0 Å². The van der Waals surface area contributed by atoms with Crippen LogP contribution in [0.5, 0.6) is 0 Å². The minimum atomic E-state index is 0. The van der Waals surface area contributed by atoms with E-state index < -0.39 is 0 Å². The summed E-state index contributed by atoms with van der Waals surface area (Å²) in [7, 11) is 0. The van der Waals surface area contributed by atoms with Crippen molar-refractivity contribution in [3.05, 3.63) is 11.6 Å². The van der Waals surface area contributed by atoms with Crippen molar-refractivity contribution in [2.45, 2.75) is 0 Å². The van der Waals surface area contributed by atoms with Crippen molar-refractivity contribution < 1.29 is 19.5 Å².